The van der Waals surface area contributed by atoms with Crippen LogP contribution in [0.1, 0.15) is 38.2 Å². The summed E-state index contributed by atoms with van der Waals surface area (Å²) < 4.78 is 28.7. The van der Waals surface area contributed by atoms with Crippen LogP contribution in [0.4, 0.5) is 0 Å². The zero-order valence-corrected chi connectivity index (χ0v) is 18.3. The molecule has 0 bridgehead atoms. The molecule has 1 aliphatic rings. The average Bonchev–Trinajstić information content (AvgIpc) is 2.76. The van der Waals surface area contributed by atoms with E-state index in [4.69, 9.17) is 9.57 Å². The van der Waals surface area contributed by atoms with E-state index in [1.807, 2.05) is 54.6 Å². The minimum Gasteiger partial charge on any atom is -0.350 e. The van der Waals surface area contributed by atoms with Crippen LogP contribution >= 0.6 is 0 Å². The maximum absolute atomic E-state index is 12.7. The molecular weight excluding hydrogens is 402 g/mol. The molecule has 1 saturated heterocycles. The van der Waals surface area contributed by atoms with E-state index < -0.39 is 26.8 Å². The molecule has 6 nitrogen and oxygen atoms in total. The minimum atomic E-state index is -3.67. The van der Waals surface area contributed by atoms with Crippen LogP contribution in [0.2, 0.25) is 0 Å². The summed E-state index contributed by atoms with van der Waals surface area (Å²) in [5.41, 5.74) is 5.49. The SMILES string of the molecule is C[C@@](CCc1ccc(-c2ccccc2)cc1)(C(=O)NOC1CCCCO1)S(C)(=O)=O. The summed E-state index contributed by atoms with van der Waals surface area (Å²) in [5.74, 6) is -0.667. The number of hydroxylamine groups is 1. The lowest BCUT2D eigenvalue weighted by atomic mass is 9.97. The van der Waals surface area contributed by atoms with Gasteiger partial charge in [-0.05, 0) is 49.3 Å². The summed E-state index contributed by atoms with van der Waals surface area (Å²) in [4.78, 5) is 18.1. The summed E-state index contributed by atoms with van der Waals surface area (Å²) in [5, 5.41) is 0. The van der Waals surface area contributed by atoms with Crippen LogP contribution in [-0.4, -0.2) is 38.2 Å². The summed E-state index contributed by atoms with van der Waals surface area (Å²) in [7, 11) is -3.67. The van der Waals surface area contributed by atoms with Crippen LogP contribution in [0.25, 0.3) is 11.1 Å². The molecule has 1 unspecified atom stereocenters. The van der Waals surface area contributed by atoms with E-state index in [1.54, 1.807) is 0 Å². The van der Waals surface area contributed by atoms with Gasteiger partial charge in [-0.15, -0.1) is 0 Å². The van der Waals surface area contributed by atoms with Crippen LogP contribution in [0.5, 0.6) is 0 Å². The highest BCUT2D eigenvalue weighted by atomic mass is 32.2. The minimum absolute atomic E-state index is 0.150. The molecule has 0 aromatic heterocycles. The molecule has 0 saturated carbocycles. The molecule has 2 aromatic carbocycles. The van der Waals surface area contributed by atoms with Crippen LogP contribution in [-0.2, 0) is 30.6 Å². The second kappa shape index (κ2) is 9.73. The lowest BCUT2D eigenvalue weighted by Gasteiger charge is -2.28. The summed E-state index contributed by atoms with van der Waals surface area (Å²) >= 11 is 0. The standard InChI is InChI=1S/C23H29NO5S/c1-23(30(2,26)27,22(25)24-29-21-10-6-7-17-28-21)16-15-18-11-13-20(14-12-18)19-8-4-3-5-9-19/h3-5,8-9,11-14,21H,6-7,10,15-17H2,1-2H3,(H,24,25)/t21?,23-/m1/s1. The topological polar surface area (TPSA) is 81.7 Å². The number of carbonyl (C=O) groups excluding carboxylic acids is 1. The number of ether oxygens (including phenoxy) is 1. The van der Waals surface area contributed by atoms with Crippen molar-refractivity contribution < 1.29 is 22.8 Å². The Balaban J connectivity index is 1.64. The van der Waals surface area contributed by atoms with Gasteiger partial charge < -0.3 is 4.74 Å². The monoisotopic (exact) mass is 431 g/mol. The fourth-order valence-corrected chi connectivity index (χ4v) is 4.23. The van der Waals surface area contributed by atoms with Gasteiger partial charge in [-0.25, -0.2) is 18.7 Å². The van der Waals surface area contributed by atoms with Crippen molar-refractivity contribution in [2.75, 3.05) is 12.9 Å². The summed E-state index contributed by atoms with van der Waals surface area (Å²) in [6, 6.07) is 18.0. The van der Waals surface area contributed by atoms with Crippen LogP contribution in [0, 0.1) is 0 Å². The molecule has 1 heterocycles. The van der Waals surface area contributed by atoms with Crippen LogP contribution < -0.4 is 5.48 Å². The Morgan fingerprint density at radius 1 is 1.10 bits per heavy atom. The van der Waals surface area contributed by atoms with Crippen molar-refractivity contribution in [3.8, 4) is 11.1 Å². The van der Waals surface area contributed by atoms with Gasteiger partial charge >= 0.3 is 0 Å². The number of amides is 1. The number of benzene rings is 2. The number of sulfone groups is 1. The molecule has 0 radical (unpaired) electrons. The fraction of sp³-hybridized carbons (Fsp3) is 0.435. The molecule has 0 aliphatic carbocycles. The smallest absolute Gasteiger partial charge is 0.264 e. The Morgan fingerprint density at radius 2 is 1.77 bits per heavy atom. The molecule has 2 aromatic rings. The first kappa shape index (κ1) is 22.5. The number of carbonyl (C=O) groups is 1. The van der Waals surface area contributed by atoms with Crippen molar-refractivity contribution in [1.29, 1.82) is 0 Å². The van der Waals surface area contributed by atoms with Crippen molar-refractivity contribution >= 4 is 15.7 Å². The molecule has 30 heavy (non-hydrogen) atoms. The molecular formula is C23H29NO5S. The molecule has 1 N–H and O–H groups in total. The molecule has 0 spiro atoms. The third-order valence-corrected chi connectivity index (χ3v) is 7.70. The van der Waals surface area contributed by atoms with Crippen LogP contribution in [0.15, 0.2) is 54.6 Å². The predicted molar refractivity (Wildman–Crippen MR) is 116 cm³/mol. The normalized spacial score (nSPS) is 19.1. The van der Waals surface area contributed by atoms with E-state index in [0.29, 0.717) is 19.4 Å². The number of rotatable bonds is 8. The molecule has 1 amide bonds. The molecule has 2 atom stereocenters. The van der Waals surface area contributed by atoms with E-state index >= 15 is 0 Å². The predicted octanol–water partition coefficient (Wildman–Crippen LogP) is 3.66. The van der Waals surface area contributed by atoms with Crippen LogP contribution in [0.3, 0.4) is 0 Å². The molecule has 162 valence electrons. The fourth-order valence-electron chi connectivity index (χ4n) is 3.38. The number of nitrogens with one attached hydrogen (secondary N) is 1. The number of hydrogen-bond donors (Lipinski definition) is 1. The van der Waals surface area contributed by atoms with Gasteiger partial charge in [-0.1, -0.05) is 54.6 Å². The highest BCUT2D eigenvalue weighted by Crippen LogP contribution is 2.26. The Hall–Kier alpha value is -2.22. The van der Waals surface area contributed by atoms with E-state index in [0.717, 1.165) is 35.8 Å². The quantitative estimate of drug-likeness (QED) is 0.645. The lowest BCUT2D eigenvalue weighted by molar-refractivity contribution is -0.201. The van der Waals surface area contributed by atoms with Gasteiger partial charge in [0.15, 0.2) is 16.1 Å². The van der Waals surface area contributed by atoms with E-state index in [9.17, 15) is 13.2 Å². The van der Waals surface area contributed by atoms with E-state index in [2.05, 4.69) is 5.48 Å². The van der Waals surface area contributed by atoms with E-state index in [-0.39, 0.29) is 6.42 Å². The highest BCUT2D eigenvalue weighted by Gasteiger charge is 2.43. The van der Waals surface area contributed by atoms with Gasteiger partial charge in [0.1, 0.15) is 4.75 Å². The van der Waals surface area contributed by atoms with Gasteiger partial charge in [-0.3, -0.25) is 4.79 Å². The lowest BCUT2D eigenvalue weighted by Crippen LogP contribution is -2.51. The summed E-state index contributed by atoms with van der Waals surface area (Å²) in [6.45, 7) is 2.02. The Labute approximate surface area is 178 Å². The maximum Gasteiger partial charge on any atom is 0.264 e. The third-order valence-electron chi connectivity index (χ3n) is 5.67. The first-order valence-corrected chi connectivity index (χ1v) is 12.1. The van der Waals surface area contributed by atoms with Gasteiger partial charge in [0.2, 0.25) is 0 Å². The maximum atomic E-state index is 12.7. The Bertz CT molecular complexity index is 937. The zero-order valence-electron chi connectivity index (χ0n) is 17.5. The van der Waals surface area contributed by atoms with Gasteiger partial charge in [0.05, 0.1) is 0 Å². The first-order chi connectivity index (χ1) is 14.3. The van der Waals surface area contributed by atoms with Crippen molar-refractivity contribution in [1.82, 2.24) is 5.48 Å². The van der Waals surface area contributed by atoms with Crippen molar-refractivity contribution in [3.63, 3.8) is 0 Å². The second-order valence-corrected chi connectivity index (χ2v) is 10.4. The largest absolute Gasteiger partial charge is 0.350 e. The zero-order chi connectivity index (χ0) is 21.6. The highest BCUT2D eigenvalue weighted by molar-refractivity contribution is 7.92. The van der Waals surface area contributed by atoms with Gasteiger partial charge in [0.25, 0.3) is 5.91 Å². The molecule has 7 heteroatoms. The van der Waals surface area contributed by atoms with Crippen molar-refractivity contribution in [2.45, 2.75) is 50.1 Å². The van der Waals surface area contributed by atoms with E-state index in [1.165, 1.54) is 6.92 Å². The average molecular weight is 432 g/mol. The molecule has 1 fully saturated rings. The first-order valence-electron chi connectivity index (χ1n) is 10.2. The van der Waals surface area contributed by atoms with Crippen molar-refractivity contribution in [2.24, 2.45) is 0 Å². The van der Waals surface area contributed by atoms with Gasteiger partial charge in [-0.2, -0.15) is 0 Å². The molecule has 1 aliphatic heterocycles. The number of aryl methyl sites for hydroxylation is 1. The van der Waals surface area contributed by atoms with Gasteiger partial charge in [0, 0.05) is 19.3 Å². The van der Waals surface area contributed by atoms with Crippen molar-refractivity contribution in [3.05, 3.63) is 60.2 Å². The summed E-state index contributed by atoms with van der Waals surface area (Å²) in [6.07, 6.45) is 3.73. The molecule has 3 rings (SSSR count). The Morgan fingerprint density at radius 3 is 2.37 bits per heavy atom. The second-order valence-electron chi connectivity index (χ2n) is 7.91. The third kappa shape index (κ3) is 5.47. The number of hydrogen-bond acceptors (Lipinski definition) is 5. The Kier molecular flexibility index (Phi) is 7.28.